The van der Waals surface area contributed by atoms with Gasteiger partial charge in [0.15, 0.2) is 17.5 Å². The Hall–Kier alpha value is -2.99. The van der Waals surface area contributed by atoms with E-state index in [1.807, 2.05) is 0 Å². The predicted octanol–water partition coefficient (Wildman–Crippen LogP) is 4.81. The molecule has 3 nitrogen and oxygen atoms in total. The van der Waals surface area contributed by atoms with Crippen LogP contribution >= 0.6 is 11.6 Å². The average Bonchev–Trinajstić information content (AvgIpc) is 2.95. The fraction of sp³-hybridized carbons (Fsp3) is 0.0500. The Balaban J connectivity index is 2.05. The zero-order valence-corrected chi connectivity index (χ0v) is 14.4. The molecule has 1 heterocycles. The Morgan fingerprint density at radius 3 is 2.52 bits per heavy atom. The van der Waals surface area contributed by atoms with Gasteiger partial charge in [-0.3, -0.25) is 4.79 Å². The van der Waals surface area contributed by atoms with E-state index in [-0.39, 0.29) is 17.7 Å². The first kappa shape index (κ1) is 17.4. The maximum atomic E-state index is 13.6. The Kier molecular flexibility index (Phi) is 4.08. The first-order chi connectivity index (χ1) is 12.9. The third kappa shape index (κ3) is 2.73. The lowest BCUT2D eigenvalue weighted by molar-refractivity contribution is 0.100. The van der Waals surface area contributed by atoms with Crippen molar-refractivity contribution in [2.24, 2.45) is 5.73 Å². The molecule has 4 rings (SSSR count). The largest absolute Gasteiger partial charge is 0.366 e. The Morgan fingerprint density at radius 1 is 1.15 bits per heavy atom. The number of amides is 1. The molecule has 0 atom stereocenters. The van der Waals surface area contributed by atoms with Crippen molar-refractivity contribution < 1.29 is 18.0 Å². The second-order valence-electron chi connectivity index (χ2n) is 6.07. The maximum absolute atomic E-state index is 13.6. The smallest absolute Gasteiger partial charge is 0.249 e. The fourth-order valence-corrected chi connectivity index (χ4v) is 3.58. The molecule has 0 aliphatic carbocycles. The van der Waals surface area contributed by atoms with Crippen LogP contribution in [0.4, 0.5) is 13.2 Å². The van der Waals surface area contributed by atoms with E-state index < -0.39 is 23.4 Å². The molecule has 4 aromatic rings. The average molecular weight is 388 g/mol. The molecule has 27 heavy (non-hydrogen) atoms. The minimum atomic E-state index is -1.52. The van der Waals surface area contributed by atoms with Gasteiger partial charge in [0.2, 0.25) is 5.91 Å². The summed E-state index contributed by atoms with van der Waals surface area (Å²) in [7, 11) is 0. The van der Waals surface area contributed by atoms with Crippen molar-refractivity contribution in [3.63, 3.8) is 0 Å². The highest BCUT2D eigenvalue weighted by molar-refractivity contribution is 6.36. The van der Waals surface area contributed by atoms with Crippen LogP contribution in [0.15, 0.2) is 42.5 Å². The van der Waals surface area contributed by atoms with E-state index in [9.17, 15) is 18.0 Å². The van der Waals surface area contributed by atoms with Crippen LogP contribution in [0.2, 0.25) is 5.02 Å². The Labute approximate surface area is 156 Å². The summed E-state index contributed by atoms with van der Waals surface area (Å²) >= 11 is 6.35. The topological polar surface area (TPSA) is 48.0 Å². The van der Waals surface area contributed by atoms with Crippen molar-refractivity contribution in [2.75, 3.05) is 0 Å². The standard InChI is InChI=1S/C20H11ClF3N2O/c21-13-5-1-3-11-17-12(20(25)27)4-2-6-16(17)26(19(11)13)9-10-7-14(22)18(24)15(23)8-10/h1-2,4-8H,9H2,(H2,25,27). The summed E-state index contributed by atoms with van der Waals surface area (Å²) in [6, 6.07) is 13.1. The first-order valence-electron chi connectivity index (χ1n) is 7.93. The van der Waals surface area contributed by atoms with Crippen LogP contribution in [0.3, 0.4) is 0 Å². The maximum Gasteiger partial charge on any atom is 0.249 e. The Bertz CT molecular complexity index is 1210. The zero-order chi connectivity index (χ0) is 19.3. The van der Waals surface area contributed by atoms with E-state index in [0.717, 1.165) is 12.1 Å². The van der Waals surface area contributed by atoms with E-state index in [2.05, 4.69) is 6.07 Å². The predicted molar refractivity (Wildman–Crippen MR) is 97.2 cm³/mol. The first-order valence-corrected chi connectivity index (χ1v) is 8.30. The molecule has 7 heteroatoms. The van der Waals surface area contributed by atoms with Crippen molar-refractivity contribution in [3.8, 4) is 0 Å². The van der Waals surface area contributed by atoms with Gasteiger partial charge in [-0.2, -0.15) is 0 Å². The molecule has 0 saturated heterocycles. The number of nitrogens with zero attached hydrogens (tertiary/aromatic N) is 1. The van der Waals surface area contributed by atoms with Crippen molar-refractivity contribution in [2.45, 2.75) is 6.54 Å². The van der Waals surface area contributed by atoms with Crippen LogP contribution in [0, 0.1) is 23.5 Å². The molecule has 0 saturated carbocycles. The quantitative estimate of drug-likeness (QED) is 0.504. The van der Waals surface area contributed by atoms with Crippen molar-refractivity contribution >= 4 is 39.3 Å². The SMILES string of the molecule is NC(=O)c1cccc2c1c1[c]ccc(Cl)c1n2Cc1cc(F)c(F)c(F)c1. The van der Waals surface area contributed by atoms with E-state index in [1.165, 1.54) is 0 Å². The Morgan fingerprint density at radius 2 is 1.85 bits per heavy atom. The van der Waals surface area contributed by atoms with Crippen LogP contribution in [0.1, 0.15) is 15.9 Å². The molecule has 0 aliphatic heterocycles. The number of primary amides is 1. The molecule has 1 amide bonds. The molecule has 1 radical (unpaired) electrons. The lowest BCUT2D eigenvalue weighted by Crippen LogP contribution is -2.11. The van der Waals surface area contributed by atoms with Gasteiger partial charge in [-0.05, 0) is 42.0 Å². The van der Waals surface area contributed by atoms with Crippen molar-refractivity contribution in [1.82, 2.24) is 4.57 Å². The summed E-state index contributed by atoms with van der Waals surface area (Å²) in [5.41, 5.74) is 7.11. The van der Waals surface area contributed by atoms with E-state index >= 15 is 0 Å². The molecular weight excluding hydrogens is 377 g/mol. The molecule has 0 aliphatic rings. The molecule has 1 aromatic heterocycles. The van der Waals surface area contributed by atoms with Gasteiger partial charge >= 0.3 is 0 Å². The molecule has 2 N–H and O–H groups in total. The molecule has 135 valence electrons. The highest BCUT2D eigenvalue weighted by atomic mass is 35.5. The minimum absolute atomic E-state index is 0.00785. The number of hydrogen-bond donors (Lipinski definition) is 1. The minimum Gasteiger partial charge on any atom is -0.366 e. The molecule has 0 fully saturated rings. The second kappa shape index (κ2) is 6.32. The number of aromatic nitrogens is 1. The summed E-state index contributed by atoms with van der Waals surface area (Å²) in [5, 5.41) is 1.49. The monoisotopic (exact) mass is 387 g/mol. The fourth-order valence-electron chi connectivity index (χ4n) is 3.32. The summed E-state index contributed by atoms with van der Waals surface area (Å²) < 4.78 is 42.2. The van der Waals surface area contributed by atoms with Gasteiger partial charge in [-0.25, -0.2) is 13.2 Å². The highest BCUT2D eigenvalue weighted by Crippen LogP contribution is 2.35. The van der Waals surface area contributed by atoms with Gasteiger partial charge in [0.25, 0.3) is 0 Å². The highest BCUT2D eigenvalue weighted by Gasteiger charge is 2.19. The lowest BCUT2D eigenvalue weighted by atomic mass is 10.1. The molecular formula is C20H11ClF3N2O. The van der Waals surface area contributed by atoms with Gasteiger partial charge < -0.3 is 10.3 Å². The molecule has 0 spiro atoms. The van der Waals surface area contributed by atoms with Gasteiger partial charge in [-0.15, -0.1) is 0 Å². The number of carbonyl (C=O) groups is 1. The van der Waals surface area contributed by atoms with Crippen LogP contribution in [-0.4, -0.2) is 10.5 Å². The summed E-state index contributed by atoms with van der Waals surface area (Å²) in [5.74, 6) is -4.70. The van der Waals surface area contributed by atoms with Crippen LogP contribution < -0.4 is 5.73 Å². The van der Waals surface area contributed by atoms with E-state index in [4.69, 9.17) is 17.3 Å². The number of halogens is 4. The molecule has 0 bridgehead atoms. The summed E-state index contributed by atoms with van der Waals surface area (Å²) in [4.78, 5) is 11.9. The lowest BCUT2D eigenvalue weighted by Gasteiger charge is -2.10. The third-order valence-corrected chi connectivity index (χ3v) is 4.73. The summed E-state index contributed by atoms with van der Waals surface area (Å²) in [6.07, 6.45) is 0. The van der Waals surface area contributed by atoms with E-state index in [0.29, 0.717) is 26.8 Å². The van der Waals surface area contributed by atoms with Gasteiger partial charge in [0, 0.05) is 22.9 Å². The van der Waals surface area contributed by atoms with Crippen molar-refractivity contribution in [1.29, 1.82) is 0 Å². The summed E-state index contributed by atoms with van der Waals surface area (Å²) in [6.45, 7) is 0.00785. The second-order valence-corrected chi connectivity index (χ2v) is 6.48. The number of nitrogens with two attached hydrogens (primary N) is 1. The van der Waals surface area contributed by atoms with Crippen LogP contribution in [-0.2, 0) is 6.54 Å². The van der Waals surface area contributed by atoms with E-state index in [1.54, 1.807) is 34.9 Å². The molecule has 3 aromatic carbocycles. The number of fused-ring (bicyclic) bond motifs is 3. The zero-order valence-electron chi connectivity index (χ0n) is 13.7. The van der Waals surface area contributed by atoms with Crippen LogP contribution in [0.25, 0.3) is 21.8 Å². The normalized spacial score (nSPS) is 11.4. The number of carbonyl (C=O) groups excluding carboxylic acids is 1. The molecule has 0 unspecified atom stereocenters. The number of hydrogen-bond acceptors (Lipinski definition) is 1. The number of rotatable bonds is 3. The van der Waals surface area contributed by atoms with Gasteiger partial charge in [-0.1, -0.05) is 23.7 Å². The van der Waals surface area contributed by atoms with Gasteiger partial charge in [0.1, 0.15) is 0 Å². The van der Waals surface area contributed by atoms with Gasteiger partial charge in [0.05, 0.1) is 16.1 Å². The third-order valence-electron chi connectivity index (χ3n) is 4.42. The number of benzene rings is 3. The van der Waals surface area contributed by atoms with Crippen LogP contribution in [0.5, 0.6) is 0 Å². The van der Waals surface area contributed by atoms with Crippen molar-refractivity contribution in [3.05, 3.63) is 82.1 Å².